The van der Waals surface area contributed by atoms with Crippen molar-refractivity contribution in [1.29, 1.82) is 0 Å². The van der Waals surface area contributed by atoms with Crippen LogP contribution in [0.5, 0.6) is 0 Å². The van der Waals surface area contributed by atoms with Gasteiger partial charge in [0.05, 0.1) is 5.01 Å². The van der Waals surface area contributed by atoms with Gasteiger partial charge in [0.15, 0.2) is 0 Å². The summed E-state index contributed by atoms with van der Waals surface area (Å²) >= 11 is 1.80. The van der Waals surface area contributed by atoms with Crippen molar-refractivity contribution < 1.29 is 0 Å². The fourth-order valence-corrected chi connectivity index (χ4v) is 2.95. The molecule has 0 aliphatic rings. The van der Waals surface area contributed by atoms with Crippen LogP contribution in [0.15, 0.2) is 5.38 Å². The summed E-state index contributed by atoms with van der Waals surface area (Å²) in [6.45, 7) is 11.0. The summed E-state index contributed by atoms with van der Waals surface area (Å²) in [6, 6.07) is 0. The zero-order valence-corrected chi connectivity index (χ0v) is 11.8. The minimum absolute atomic E-state index is 0.389. The van der Waals surface area contributed by atoms with Crippen LogP contribution >= 0.6 is 11.3 Å². The van der Waals surface area contributed by atoms with Gasteiger partial charge in [0.2, 0.25) is 0 Å². The van der Waals surface area contributed by atoms with Crippen LogP contribution in [0.4, 0.5) is 0 Å². The summed E-state index contributed by atoms with van der Waals surface area (Å²) in [7, 11) is 0. The SMILES string of the molecule is CCNCC(CC)(CC)Cc1nc(C)cs1. The second-order valence-electron chi connectivity index (χ2n) is 4.55. The van der Waals surface area contributed by atoms with Crippen LogP contribution in [0.3, 0.4) is 0 Å². The molecule has 0 aromatic carbocycles. The number of rotatable bonds is 7. The van der Waals surface area contributed by atoms with Gasteiger partial charge in [-0.1, -0.05) is 20.8 Å². The molecule has 1 N–H and O–H groups in total. The number of nitrogens with one attached hydrogen (secondary N) is 1. The van der Waals surface area contributed by atoms with Crippen LogP contribution in [0.25, 0.3) is 0 Å². The molecule has 0 saturated carbocycles. The number of aromatic nitrogens is 1. The van der Waals surface area contributed by atoms with E-state index >= 15 is 0 Å². The fraction of sp³-hybridized carbons (Fsp3) is 0.769. The average molecular weight is 240 g/mol. The van der Waals surface area contributed by atoms with Gasteiger partial charge in [-0.15, -0.1) is 11.3 Å². The van der Waals surface area contributed by atoms with Gasteiger partial charge >= 0.3 is 0 Å². The predicted molar refractivity (Wildman–Crippen MR) is 72.1 cm³/mol. The van der Waals surface area contributed by atoms with E-state index in [0.29, 0.717) is 5.41 Å². The third kappa shape index (κ3) is 3.56. The summed E-state index contributed by atoms with van der Waals surface area (Å²) in [4.78, 5) is 4.59. The molecule has 0 fully saturated rings. The molecule has 3 heteroatoms. The van der Waals surface area contributed by atoms with E-state index in [9.17, 15) is 0 Å². The quantitative estimate of drug-likeness (QED) is 0.790. The van der Waals surface area contributed by atoms with Crippen LogP contribution in [0.2, 0.25) is 0 Å². The van der Waals surface area contributed by atoms with Crippen molar-refractivity contribution in [1.82, 2.24) is 10.3 Å². The van der Waals surface area contributed by atoms with Gasteiger partial charge in [-0.25, -0.2) is 4.98 Å². The van der Waals surface area contributed by atoms with Crippen LogP contribution in [-0.4, -0.2) is 18.1 Å². The molecular formula is C13H24N2S. The smallest absolute Gasteiger partial charge is 0.0934 e. The first-order chi connectivity index (χ1) is 7.65. The summed E-state index contributed by atoms with van der Waals surface area (Å²) in [5, 5.41) is 6.94. The highest BCUT2D eigenvalue weighted by Crippen LogP contribution is 2.31. The van der Waals surface area contributed by atoms with Crippen molar-refractivity contribution in [3.8, 4) is 0 Å². The summed E-state index contributed by atoms with van der Waals surface area (Å²) in [5.41, 5.74) is 1.55. The van der Waals surface area contributed by atoms with Gasteiger partial charge in [0, 0.05) is 24.0 Å². The topological polar surface area (TPSA) is 24.9 Å². The molecule has 1 rings (SSSR count). The van der Waals surface area contributed by atoms with Crippen molar-refractivity contribution in [3.05, 3.63) is 16.1 Å². The highest BCUT2D eigenvalue weighted by molar-refractivity contribution is 7.09. The molecule has 0 radical (unpaired) electrons. The third-order valence-electron chi connectivity index (χ3n) is 3.44. The molecule has 1 aromatic rings. The van der Waals surface area contributed by atoms with E-state index in [2.05, 4.69) is 43.4 Å². The number of hydrogen-bond acceptors (Lipinski definition) is 3. The monoisotopic (exact) mass is 240 g/mol. The lowest BCUT2D eigenvalue weighted by atomic mass is 9.79. The van der Waals surface area contributed by atoms with Crippen LogP contribution < -0.4 is 5.32 Å². The lowest BCUT2D eigenvalue weighted by molar-refractivity contribution is 0.248. The Kier molecular flexibility index (Phi) is 5.42. The maximum absolute atomic E-state index is 4.59. The molecule has 0 saturated heterocycles. The second-order valence-corrected chi connectivity index (χ2v) is 5.49. The molecule has 92 valence electrons. The lowest BCUT2D eigenvalue weighted by Gasteiger charge is -2.31. The van der Waals surface area contributed by atoms with E-state index in [1.165, 1.54) is 17.8 Å². The van der Waals surface area contributed by atoms with Crippen molar-refractivity contribution in [2.24, 2.45) is 5.41 Å². The summed E-state index contributed by atoms with van der Waals surface area (Å²) in [6.07, 6.45) is 3.55. The zero-order chi connectivity index (χ0) is 12.0. The maximum atomic E-state index is 4.59. The molecule has 1 heterocycles. The Balaban J connectivity index is 2.69. The average Bonchev–Trinajstić information content (AvgIpc) is 2.70. The Hall–Kier alpha value is -0.410. The standard InChI is InChI=1S/C13H24N2S/c1-5-13(6-2,10-14-7-3)8-12-15-11(4)9-16-12/h9,14H,5-8,10H2,1-4H3. The first-order valence-electron chi connectivity index (χ1n) is 6.27. The van der Waals surface area contributed by atoms with E-state index in [1.54, 1.807) is 11.3 Å². The van der Waals surface area contributed by atoms with Crippen LogP contribution in [-0.2, 0) is 6.42 Å². The van der Waals surface area contributed by atoms with Crippen molar-refractivity contribution in [2.45, 2.75) is 47.0 Å². The number of aryl methyl sites for hydroxylation is 1. The van der Waals surface area contributed by atoms with Gasteiger partial charge in [-0.3, -0.25) is 0 Å². The van der Waals surface area contributed by atoms with Gasteiger partial charge in [-0.2, -0.15) is 0 Å². The molecule has 0 amide bonds. The molecular weight excluding hydrogens is 216 g/mol. The molecule has 0 bridgehead atoms. The molecule has 0 aliphatic heterocycles. The molecule has 0 aliphatic carbocycles. The number of hydrogen-bond donors (Lipinski definition) is 1. The highest BCUT2D eigenvalue weighted by Gasteiger charge is 2.27. The zero-order valence-electron chi connectivity index (χ0n) is 11.0. The van der Waals surface area contributed by atoms with Gasteiger partial charge in [-0.05, 0) is 31.7 Å². The van der Waals surface area contributed by atoms with Gasteiger partial charge < -0.3 is 5.32 Å². The number of thiazole rings is 1. The van der Waals surface area contributed by atoms with E-state index in [1.807, 2.05) is 0 Å². The van der Waals surface area contributed by atoms with E-state index in [4.69, 9.17) is 0 Å². The minimum atomic E-state index is 0.389. The van der Waals surface area contributed by atoms with Gasteiger partial charge in [0.1, 0.15) is 0 Å². The maximum Gasteiger partial charge on any atom is 0.0934 e. The largest absolute Gasteiger partial charge is 0.316 e. The van der Waals surface area contributed by atoms with E-state index < -0.39 is 0 Å². The first kappa shape index (κ1) is 13.7. The van der Waals surface area contributed by atoms with Gasteiger partial charge in [0.25, 0.3) is 0 Å². The fourth-order valence-electron chi connectivity index (χ4n) is 2.01. The number of nitrogens with zero attached hydrogens (tertiary/aromatic N) is 1. The molecule has 1 aromatic heterocycles. The molecule has 0 unspecified atom stereocenters. The molecule has 16 heavy (non-hydrogen) atoms. The minimum Gasteiger partial charge on any atom is -0.316 e. The third-order valence-corrected chi connectivity index (χ3v) is 4.41. The molecule has 0 atom stereocenters. The van der Waals surface area contributed by atoms with E-state index in [-0.39, 0.29) is 0 Å². The highest BCUT2D eigenvalue weighted by atomic mass is 32.1. The van der Waals surface area contributed by atoms with Crippen molar-refractivity contribution in [2.75, 3.05) is 13.1 Å². The first-order valence-corrected chi connectivity index (χ1v) is 7.15. The summed E-state index contributed by atoms with van der Waals surface area (Å²) < 4.78 is 0. The van der Waals surface area contributed by atoms with Crippen LogP contribution in [0, 0.1) is 12.3 Å². The lowest BCUT2D eigenvalue weighted by Crippen LogP contribution is -2.35. The Bertz CT molecular complexity index is 303. The van der Waals surface area contributed by atoms with Crippen LogP contribution in [0.1, 0.15) is 44.3 Å². The Morgan fingerprint density at radius 2 is 2.00 bits per heavy atom. The van der Waals surface area contributed by atoms with Crippen molar-refractivity contribution in [3.63, 3.8) is 0 Å². The molecule has 0 spiro atoms. The normalized spacial score (nSPS) is 12.0. The Labute approximate surface area is 103 Å². The second kappa shape index (κ2) is 6.36. The predicted octanol–water partition coefficient (Wildman–Crippen LogP) is 3.41. The van der Waals surface area contributed by atoms with Crippen molar-refractivity contribution >= 4 is 11.3 Å². The summed E-state index contributed by atoms with van der Waals surface area (Å²) in [5.74, 6) is 0. The molecule has 2 nitrogen and oxygen atoms in total. The Morgan fingerprint density at radius 1 is 1.31 bits per heavy atom. The Morgan fingerprint density at radius 3 is 2.44 bits per heavy atom. The van der Waals surface area contributed by atoms with E-state index in [0.717, 1.165) is 25.2 Å².